The van der Waals surface area contributed by atoms with Crippen LogP contribution in [0.2, 0.25) is 0 Å². The van der Waals surface area contributed by atoms with Crippen LogP contribution in [0, 0.1) is 13.8 Å². The highest BCUT2D eigenvalue weighted by molar-refractivity contribution is 5.33. The van der Waals surface area contributed by atoms with E-state index in [1.807, 2.05) is 0 Å². The lowest BCUT2D eigenvalue weighted by Crippen LogP contribution is -2.45. The summed E-state index contributed by atoms with van der Waals surface area (Å²) in [4.78, 5) is 2.26. The molecule has 0 aliphatic carbocycles. The number of nitrogens with zero attached hydrogens (tertiary/aromatic N) is 1. The van der Waals surface area contributed by atoms with Crippen LogP contribution in [-0.2, 0) is 4.74 Å². The Morgan fingerprint density at radius 3 is 2.67 bits per heavy atom. The molecule has 0 saturated carbocycles. The van der Waals surface area contributed by atoms with Gasteiger partial charge in [0.05, 0.1) is 18.8 Å². The molecule has 1 aromatic rings. The normalized spacial score (nSPS) is 22.2. The molecule has 0 radical (unpaired) electrons. The lowest BCUT2D eigenvalue weighted by atomic mass is 9.94. The van der Waals surface area contributed by atoms with Crippen LogP contribution >= 0.6 is 0 Å². The lowest BCUT2D eigenvalue weighted by Gasteiger charge is -2.36. The average molecular weight is 248 g/mol. The summed E-state index contributed by atoms with van der Waals surface area (Å²) in [6.45, 7) is 7.02. The Morgan fingerprint density at radius 2 is 2.11 bits per heavy atom. The molecule has 0 spiro atoms. The van der Waals surface area contributed by atoms with E-state index in [0.717, 1.165) is 19.7 Å². The minimum atomic E-state index is 0.232. The van der Waals surface area contributed by atoms with Crippen molar-refractivity contribution < 1.29 is 4.74 Å². The topological polar surface area (TPSA) is 24.5 Å². The largest absolute Gasteiger partial charge is 0.374 e. The highest BCUT2D eigenvalue weighted by Gasteiger charge is 2.28. The molecule has 1 fully saturated rings. The monoisotopic (exact) mass is 248 g/mol. The molecule has 2 rings (SSSR count). The van der Waals surface area contributed by atoms with E-state index in [1.54, 1.807) is 0 Å². The highest BCUT2D eigenvalue weighted by atomic mass is 16.5. The van der Waals surface area contributed by atoms with Gasteiger partial charge in [-0.15, -0.1) is 0 Å². The predicted octanol–water partition coefficient (Wildman–Crippen LogP) is 1.89. The van der Waals surface area contributed by atoms with Gasteiger partial charge in [0.1, 0.15) is 0 Å². The van der Waals surface area contributed by atoms with E-state index < -0.39 is 0 Å². The first-order chi connectivity index (χ1) is 8.59. The molecule has 0 aromatic heterocycles. The van der Waals surface area contributed by atoms with Crippen molar-refractivity contribution in [3.8, 4) is 0 Å². The van der Waals surface area contributed by atoms with Gasteiger partial charge in [0.2, 0.25) is 0 Å². The summed E-state index contributed by atoms with van der Waals surface area (Å²) in [6.07, 6.45) is 0.232. The standard InChI is InChI=1S/C15H24N2O/c1-11-5-6-13(12(2)9-11)15(17(3)4)14-10-16-7-8-18-14/h5-6,9,14-16H,7-8,10H2,1-4H3. The summed E-state index contributed by atoms with van der Waals surface area (Å²) in [7, 11) is 4.25. The summed E-state index contributed by atoms with van der Waals surface area (Å²) in [5, 5.41) is 3.42. The molecule has 2 atom stereocenters. The number of aryl methyl sites for hydroxylation is 2. The number of benzene rings is 1. The zero-order chi connectivity index (χ0) is 13.1. The van der Waals surface area contributed by atoms with E-state index in [0.29, 0.717) is 6.04 Å². The van der Waals surface area contributed by atoms with Crippen molar-refractivity contribution in [1.29, 1.82) is 0 Å². The molecule has 3 nitrogen and oxygen atoms in total. The number of likely N-dealkylation sites (N-methyl/N-ethyl adjacent to an activating group) is 1. The fourth-order valence-electron chi connectivity index (χ4n) is 2.76. The number of morpholine rings is 1. The van der Waals surface area contributed by atoms with Gasteiger partial charge in [0.25, 0.3) is 0 Å². The van der Waals surface area contributed by atoms with Gasteiger partial charge >= 0.3 is 0 Å². The van der Waals surface area contributed by atoms with Crippen LogP contribution in [0.1, 0.15) is 22.7 Å². The van der Waals surface area contributed by atoms with E-state index in [1.165, 1.54) is 16.7 Å². The maximum atomic E-state index is 5.94. The third kappa shape index (κ3) is 2.91. The molecule has 1 heterocycles. The molecule has 2 unspecified atom stereocenters. The molecule has 0 bridgehead atoms. The molecule has 3 heteroatoms. The Labute approximate surface area is 110 Å². The van der Waals surface area contributed by atoms with E-state index >= 15 is 0 Å². The first kappa shape index (κ1) is 13.5. The number of nitrogens with one attached hydrogen (secondary N) is 1. The van der Waals surface area contributed by atoms with E-state index in [4.69, 9.17) is 4.74 Å². The van der Waals surface area contributed by atoms with Crippen LogP contribution in [0.5, 0.6) is 0 Å². The molecule has 1 aromatic carbocycles. The van der Waals surface area contributed by atoms with Gasteiger partial charge in [-0.25, -0.2) is 0 Å². The Hall–Kier alpha value is -0.900. The quantitative estimate of drug-likeness (QED) is 0.884. The first-order valence-corrected chi connectivity index (χ1v) is 6.65. The molecule has 1 aliphatic rings. The summed E-state index contributed by atoms with van der Waals surface area (Å²) in [5.74, 6) is 0. The van der Waals surface area contributed by atoms with Gasteiger partial charge in [-0.3, -0.25) is 0 Å². The average Bonchev–Trinajstić information content (AvgIpc) is 2.33. The van der Waals surface area contributed by atoms with Crippen LogP contribution < -0.4 is 5.32 Å². The van der Waals surface area contributed by atoms with E-state index in [9.17, 15) is 0 Å². The van der Waals surface area contributed by atoms with Gasteiger partial charge < -0.3 is 15.0 Å². The third-order valence-electron chi connectivity index (χ3n) is 3.61. The fraction of sp³-hybridized carbons (Fsp3) is 0.600. The molecule has 100 valence electrons. The summed E-state index contributed by atoms with van der Waals surface area (Å²) in [6, 6.07) is 7.00. The van der Waals surface area contributed by atoms with Gasteiger partial charge in [0.15, 0.2) is 0 Å². The molecule has 1 aliphatic heterocycles. The van der Waals surface area contributed by atoms with Crippen molar-refractivity contribution in [2.24, 2.45) is 0 Å². The van der Waals surface area contributed by atoms with Crippen molar-refractivity contribution in [2.75, 3.05) is 33.8 Å². The number of rotatable bonds is 3. The van der Waals surface area contributed by atoms with Gasteiger partial charge in [-0.1, -0.05) is 23.8 Å². The second-order valence-corrected chi connectivity index (χ2v) is 5.38. The Morgan fingerprint density at radius 1 is 1.33 bits per heavy atom. The second-order valence-electron chi connectivity index (χ2n) is 5.38. The molecule has 1 saturated heterocycles. The van der Waals surface area contributed by atoms with Crippen molar-refractivity contribution in [1.82, 2.24) is 10.2 Å². The molecule has 18 heavy (non-hydrogen) atoms. The third-order valence-corrected chi connectivity index (χ3v) is 3.61. The minimum Gasteiger partial charge on any atom is -0.374 e. The fourth-order valence-corrected chi connectivity index (χ4v) is 2.76. The molecular formula is C15H24N2O. The van der Waals surface area contributed by atoms with Crippen molar-refractivity contribution in [3.05, 3.63) is 34.9 Å². The lowest BCUT2D eigenvalue weighted by molar-refractivity contribution is -0.0213. The minimum absolute atomic E-state index is 0.232. The van der Waals surface area contributed by atoms with Crippen LogP contribution in [0.3, 0.4) is 0 Å². The summed E-state index contributed by atoms with van der Waals surface area (Å²) >= 11 is 0. The Balaban J connectivity index is 2.28. The van der Waals surface area contributed by atoms with Crippen LogP contribution in [-0.4, -0.2) is 44.8 Å². The van der Waals surface area contributed by atoms with Gasteiger partial charge in [0, 0.05) is 13.1 Å². The summed E-state index contributed by atoms with van der Waals surface area (Å²) in [5.41, 5.74) is 4.04. The van der Waals surface area contributed by atoms with Gasteiger partial charge in [-0.2, -0.15) is 0 Å². The van der Waals surface area contributed by atoms with Crippen LogP contribution in [0.25, 0.3) is 0 Å². The first-order valence-electron chi connectivity index (χ1n) is 6.65. The SMILES string of the molecule is Cc1ccc(C(C2CNCCO2)N(C)C)c(C)c1. The zero-order valence-corrected chi connectivity index (χ0v) is 11.9. The molecule has 0 amide bonds. The zero-order valence-electron chi connectivity index (χ0n) is 11.9. The number of hydrogen-bond acceptors (Lipinski definition) is 3. The van der Waals surface area contributed by atoms with Gasteiger partial charge in [-0.05, 0) is 39.1 Å². The Kier molecular flexibility index (Phi) is 4.38. The van der Waals surface area contributed by atoms with Crippen molar-refractivity contribution >= 4 is 0 Å². The number of hydrogen-bond donors (Lipinski definition) is 1. The predicted molar refractivity (Wildman–Crippen MR) is 75.0 cm³/mol. The van der Waals surface area contributed by atoms with Crippen LogP contribution in [0.15, 0.2) is 18.2 Å². The van der Waals surface area contributed by atoms with Crippen molar-refractivity contribution in [2.45, 2.75) is 26.0 Å². The maximum absolute atomic E-state index is 5.94. The Bertz CT molecular complexity index is 397. The van der Waals surface area contributed by atoms with Crippen molar-refractivity contribution in [3.63, 3.8) is 0 Å². The summed E-state index contributed by atoms with van der Waals surface area (Å²) < 4.78 is 5.94. The second kappa shape index (κ2) is 5.83. The molecular weight excluding hydrogens is 224 g/mol. The smallest absolute Gasteiger partial charge is 0.0896 e. The molecule has 1 N–H and O–H groups in total. The maximum Gasteiger partial charge on any atom is 0.0896 e. The number of ether oxygens (including phenoxy) is 1. The van der Waals surface area contributed by atoms with Crippen LogP contribution in [0.4, 0.5) is 0 Å². The van der Waals surface area contributed by atoms with E-state index in [2.05, 4.69) is 56.4 Å². The highest BCUT2D eigenvalue weighted by Crippen LogP contribution is 2.28. The van der Waals surface area contributed by atoms with E-state index in [-0.39, 0.29) is 6.10 Å².